The minimum Gasteiger partial charge on any atom is -0.349 e. The maximum Gasteiger partial charge on any atom is 0.254 e. The predicted octanol–water partition coefficient (Wildman–Crippen LogP) is 4.39. The Labute approximate surface area is 127 Å². The van der Waals surface area contributed by atoms with Crippen molar-refractivity contribution in [2.45, 2.75) is 33.2 Å². The van der Waals surface area contributed by atoms with E-state index in [1.807, 2.05) is 20.8 Å². The molecule has 1 N–H and O–H groups in total. The molecule has 0 saturated carbocycles. The highest BCUT2D eigenvalue weighted by molar-refractivity contribution is 6.30. The van der Waals surface area contributed by atoms with Gasteiger partial charge in [0.15, 0.2) is 0 Å². The zero-order chi connectivity index (χ0) is 15.5. The summed E-state index contributed by atoms with van der Waals surface area (Å²) < 4.78 is 27.0. The van der Waals surface area contributed by atoms with Gasteiger partial charge in [-0.1, -0.05) is 32.4 Å². The lowest BCUT2D eigenvalue weighted by Gasteiger charge is -2.31. The second-order valence-corrected chi connectivity index (χ2v) is 6.40. The standard InChI is InChI=1S/C14H17Cl2F2NO/c1-14(2,3)12(4-5-15)19-13(20)8-6-11(18)9(16)7-10(8)17/h6-7,12H,4-5H2,1-3H3,(H,19,20). The SMILES string of the molecule is CC(C)(C)C(CCCl)NC(=O)c1cc(F)c(Cl)cc1F. The maximum absolute atomic E-state index is 13.7. The van der Waals surface area contributed by atoms with Crippen LogP contribution in [-0.4, -0.2) is 17.8 Å². The van der Waals surface area contributed by atoms with E-state index in [2.05, 4.69) is 5.32 Å². The Kier molecular flexibility index (Phi) is 5.78. The van der Waals surface area contributed by atoms with E-state index >= 15 is 0 Å². The van der Waals surface area contributed by atoms with Crippen molar-refractivity contribution in [2.75, 3.05) is 5.88 Å². The Morgan fingerprint density at radius 1 is 1.30 bits per heavy atom. The summed E-state index contributed by atoms with van der Waals surface area (Å²) in [7, 11) is 0. The van der Waals surface area contributed by atoms with Gasteiger partial charge in [-0.3, -0.25) is 4.79 Å². The van der Waals surface area contributed by atoms with Crippen molar-refractivity contribution >= 4 is 29.1 Å². The van der Waals surface area contributed by atoms with E-state index in [1.165, 1.54) is 0 Å². The zero-order valence-corrected chi connectivity index (χ0v) is 13.1. The third kappa shape index (κ3) is 4.32. The maximum atomic E-state index is 13.7. The molecule has 0 radical (unpaired) electrons. The predicted molar refractivity (Wildman–Crippen MR) is 77.4 cm³/mol. The quantitative estimate of drug-likeness (QED) is 0.646. The van der Waals surface area contributed by atoms with Gasteiger partial charge < -0.3 is 5.32 Å². The van der Waals surface area contributed by atoms with Crippen molar-refractivity contribution in [3.63, 3.8) is 0 Å². The Hall–Kier alpha value is -0.870. The molecule has 0 fully saturated rings. The summed E-state index contributed by atoms with van der Waals surface area (Å²) in [5.74, 6) is -2.00. The van der Waals surface area contributed by atoms with Gasteiger partial charge in [0.25, 0.3) is 5.91 Å². The molecule has 0 saturated heterocycles. The van der Waals surface area contributed by atoms with Gasteiger partial charge in [0.1, 0.15) is 11.6 Å². The summed E-state index contributed by atoms with van der Waals surface area (Å²) in [6.45, 7) is 5.80. The second kappa shape index (κ2) is 6.72. The first-order chi connectivity index (χ1) is 9.16. The Morgan fingerprint density at radius 2 is 1.90 bits per heavy atom. The van der Waals surface area contributed by atoms with Gasteiger partial charge in [0.05, 0.1) is 10.6 Å². The number of alkyl halides is 1. The molecule has 0 heterocycles. The summed E-state index contributed by atoms with van der Waals surface area (Å²) in [6.07, 6.45) is 0.536. The van der Waals surface area contributed by atoms with Gasteiger partial charge in [0.2, 0.25) is 0 Å². The zero-order valence-electron chi connectivity index (χ0n) is 11.6. The van der Waals surface area contributed by atoms with Crippen molar-refractivity contribution in [2.24, 2.45) is 5.41 Å². The van der Waals surface area contributed by atoms with Crippen molar-refractivity contribution in [1.29, 1.82) is 0 Å². The summed E-state index contributed by atoms with van der Waals surface area (Å²) in [5, 5.41) is 2.33. The number of carbonyl (C=O) groups is 1. The molecule has 20 heavy (non-hydrogen) atoms. The minimum atomic E-state index is -0.854. The first kappa shape index (κ1) is 17.2. The molecule has 1 rings (SSSR count). The van der Waals surface area contributed by atoms with Crippen molar-refractivity contribution in [3.05, 3.63) is 34.4 Å². The van der Waals surface area contributed by atoms with E-state index in [4.69, 9.17) is 23.2 Å². The summed E-state index contributed by atoms with van der Waals surface area (Å²) in [5.41, 5.74) is -0.609. The van der Waals surface area contributed by atoms with Crippen LogP contribution in [0.4, 0.5) is 8.78 Å². The monoisotopic (exact) mass is 323 g/mol. The molecule has 0 bridgehead atoms. The van der Waals surface area contributed by atoms with Crippen LogP contribution in [0.15, 0.2) is 12.1 Å². The molecule has 2 nitrogen and oxygen atoms in total. The number of halogens is 4. The molecule has 6 heteroatoms. The molecule has 1 aromatic carbocycles. The molecule has 0 aliphatic heterocycles. The smallest absolute Gasteiger partial charge is 0.254 e. The van der Waals surface area contributed by atoms with Gasteiger partial charge in [-0.25, -0.2) is 8.78 Å². The molecular formula is C14H17Cl2F2NO. The second-order valence-electron chi connectivity index (χ2n) is 5.62. The summed E-state index contributed by atoms with van der Waals surface area (Å²) in [6, 6.07) is 1.35. The van der Waals surface area contributed by atoms with Gasteiger partial charge in [0, 0.05) is 11.9 Å². The number of hydrogen-bond donors (Lipinski definition) is 1. The average molecular weight is 324 g/mol. The number of hydrogen-bond acceptors (Lipinski definition) is 1. The average Bonchev–Trinajstić information content (AvgIpc) is 2.32. The number of carbonyl (C=O) groups excluding carboxylic acids is 1. The van der Waals surface area contributed by atoms with Crippen LogP contribution in [0.5, 0.6) is 0 Å². The molecule has 0 aliphatic rings. The number of nitrogens with one attached hydrogen (secondary N) is 1. The van der Waals surface area contributed by atoms with Gasteiger partial charge >= 0.3 is 0 Å². The van der Waals surface area contributed by atoms with Crippen molar-refractivity contribution in [3.8, 4) is 0 Å². The highest BCUT2D eigenvalue weighted by Gasteiger charge is 2.27. The lowest BCUT2D eigenvalue weighted by molar-refractivity contribution is 0.0896. The third-order valence-electron chi connectivity index (χ3n) is 3.00. The molecule has 1 atom stereocenters. The molecule has 0 spiro atoms. The van der Waals surface area contributed by atoms with Crippen LogP contribution in [0.1, 0.15) is 37.6 Å². The molecule has 1 amide bonds. The van der Waals surface area contributed by atoms with E-state index in [0.717, 1.165) is 12.1 Å². The van der Waals surface area contributed by atoms with Crippen LogP contribution < -0.4 is 5.32 Å². The first-order valence-electron chi connectivity index (χ1n) is 6.18. The summed E-state index contributed by atoms with van der Waals surface area (Å²) >= 11 is 11.2. The van der Waals surface area contributed by atoms with Gasteiger partial charge in [-0.2, -0.15) is 0 Å². The van der Waals surface area contributed by atoms with E-state index < -0.39 is 17.5 Å². The van der Waals surface area contributed by atoms with Gasteiger partial charge in [-0.05, 0) is 24.0 Å². The largest absolute Gasteiger partial charge is 0.349 e. The Bertz CT molecular complexity index is 501. The topological polar surface area (TPSA) is 29.1 Å². The lowest BCUT2D eigenvalue weighted by Crippen LogP contribution is -2.44. The number of benzene rings is 1. The third-order valence-corrected chi connectivity index (χ3v) is 3.51. The van der Waals surface area contributed by atoms with Crippen LogP contribution >= 0.6 is 23.2 Å². The number of amides is 1. The molecule has 112 valence electrons. The fourth-order valence-electron chi connectivity index (χ4n) is 1.76. The fourth-order valence-corrected chi connectivity index (χ4v) is 2.13. The van der Waals surface area contributed by atoms with Crippen LogP contribution in [0, 0.1) is 17.0 Å². The van der Waals surface area contributed by atoms with E-state index in [0.29, 0.717) is 12.3 Å². The van der Waals surface area contributed by atoms with Crippen LogP contribution in [0.2, 0.25) is 5.02 Å². The van der Waals surface area contributed by atoms with Gasteiger partial charge in [-0.15, -0.1) is 11.6 Å². The van der Waals surface area contributed by atoms with E-state index in [1.54, 1.807) is 0 Å². The molecule has 1 unspecified atom stereocenters. The van der Waals surface area contributed by atoms with Crippen LogP contribution in [-0.2, 0) is 0 Å². The Balaban J connectivity index is 2.98. The Morgan fingerprint density at radius 3 is 2.40 bits per heavy atom. The highest BCUT2D eigenvalue weighted by Crippen LogP contribution is 2.24. The van der Waals surface area contributed by atoms with Crippen LogP contribution in [0.25, 0.3) is 0 Å². The van der Waals surface area contributed by atoms with E-state index in [9.17, 15) is 13.6 Å². The normalized spacial score (nSPS) is 13.2. The fraction of sp³-hybridized carbons (Fsp3) is 0.500. The highest BCUT2D eigenvalue weighted by atomic mass is 35.5. The van der Waals surface area contributed by atoms with Crippen molar-refractivity contribution < 1.29 is 13.6 Å². The summed E-state index contributed by atoms with van der Waals surface area (Å²) in [4.78, 5) is 12.1. The van der Waals surface area contributed by atoms with E-state index in [-0.39, 0.29) is 22.0 Å². The molecule has 0 aliphatic carbocycles. The van der Waals surface area contributed by atoms with Crippen molar-refractivity contribution in [1.82, 2.24) is 5.32 Å². The molecule has 0 aromatic heterocycles. The molecule has 1 aromatic rings. The van der Waals surface area contributed by atoms with Crippen LogP contribution in [0.3, 0.4) is 0 Å². The molecular weight excluding hydrogens is 307 g/mol. The first-order valence-corrected chi connectivity index (χ1v) is 7.09. The minimum absolute atomic E-state index is 0.244. The lowest BCUT2D eigenvalue weighted by atomic mass is 9.85. The number of rotatable bonds is 4.